The van der Waals surface area contributed by atoms with E-state index in [1.54, 1.807) is 0 Å². The summed E-state index contributed by atoms with van der Waals surface area (Å²) >= 11 is 0. The number of rotatable bonds is 0. The molecule has 0 N–H and O–H groups in total. The molecule has 0 heterocycles. The first-order valence-electron chi connectivity index (χ1n) is 5.00. The van der Waals surface area contributed by atoms with E-state index in [9.17, 15) is 0 Å². The van der Waals surface area contributed by atoms with Gasteiger partial charge in [0, 0.05) is 0 Å². The van der Waals surface area contributed by atoms with Crippen molar-refractivity contribution in [3.8, 4) is 0 Å². The summed E-state index contributed by atoms with van der Waals surface area (Å²) in [6, 6.07) is 30.0. The molecule has 3 rings (SSSR count). The second-order valence-corrected chi connectivity index (χ2v) is 2.89. The Kier molecular flexibility index (Phi) is 11.6. The van der Waals surface area contributed by atoms with Crippen molar-refractivity contribution in [2.24, 2.45) is 0 Å². The second kappa shape index (κ2) is 12.2. The second-order valence-electron chi connectivity index (χ2n) is 2.89. The molecule has 0 nitrogen and oxygen atoms in total. The summed E-state index contributed by atoms with van der Waals surface area (Å²) in [5.41, 5.74) is 0. The fourth-order valence-electron chi connectivity index (χ4n) is 0.962. The Morgan fingerprint density at radius 2 is 0.562 bits per heavy atom. The summed E-state index contributed by atoms with van der Waals surface area (Å²) in [5, 5.41) is 0. The third-order valence-electron chi connectivity index (χ3n) is 1.67. The minimum absolute atomic E-state index is 0. The van der Waals surface area contributed by atoms with Crippen molar-refractivity contribution in [1.82, 2.24) is 0 Å². The standard InChI is InChI=1S/3C5H5.Y/c3*1-2-4-5-3-1;/h3*1-5H;/q3*-1;+3. The molecule has 0 atom stereocenters. The monoisotopic (exact) mass is 284 g/mol. The summed E-state index contributed by atoms with van der Waals surface area (Å²) in [5.74, 6) is 0. The van der Waals surface area contributed by atoms with E-state index in [0.717, 1.165) is 0 Å². The van der Waals surface area contributed by atoms with Crippen LogP contribution in [0.25, 0.3) is 0 Å². The summed E-state index contributed by atoms with van der Waals surface area (Å²) in [7, 11) is 0. The molecule has 3 aromatic carbocycles. The Morgan fingerprint density at radius 1 is 0.375 bits per heavy atom. The Bertz CT molecular complexity index is 237. The first kappa shape index (κ1) is 15.2. The van der Waals surface area contributed by atoms with Gasteiger partial charge in [-0.15, -0.1) is 0 Å². The summed E-state index contributed by atoms with van der Waals surface area (Å²) in [4.78, 5) is 0. The molecule has 0 amide bonds. The van der Waals surface area contributed by atoms with Gasteiger partial charge in [-0.05, 0) is 0 Å². The van der Waals surface area contributed by atoms with E-state index in [-0.39, 0.29) is 32.7 Å². The molecule has 0 radical (unpaired) electrons. The van der Waals surface area contributed by atoms with Gasteiger partial charge in [0.15, 0.2) is 0 Å². The topological polar surface area (TPSA) is 0 Å². The fraction of sp³-hybridized carbons (Fsp3) is 0. The molecule has 0 aliphatic carbocycles. The third kappa shape index (κ3) is 9.70. The van der Waals surface area contributed by atoms with Gasteiger partial charge in [0.1, 0.15) is 0 Å². The number of hydrogen-bond donors (Lipinski definition) is 0. The Morgan fingerprint density at radius 3 is 0.625 bits per heavy atom. The molecular weight excluding hydrogens is 269 g/mol. The summed E-state index contributed by atoms with van der Waals surface area (Å²) in [6.45, 7) is 0. The smallest absolute Gasteiger partial charge is 0.214 e. The SMILES string of the molecule is [Y+3].c1cc[cH-]c1.c1cc[cH-]c1.c1cc[cH-]c1. The van der Waals surface area contributed by atoms with E-state index in [0.29, 0.717) is 0 Å². The van der Waals surface area contributed by atoms with E-state index in [2.05, 4.69) is 0 Å². The van der Waals surface area contributed by atoms with E-state index < -0.39 is 0 Å². The van der Waals surface area contributed by atoms with Gasteiger partial charge >= 0.3 is 32.7 Å². The zero-order valence-electron chi connectivity index (χ0n) is 9.24. The van der Waals surface area contributed by atoms with E-state index in [1.807, 2.05) is 91.0 Å². The van der Waals surface area contributed by atoms with Crippen LogP contribution in [0.4, 0.5) is 0 Å². The van der Waals surface area contributed by atoms with Gasteiger partial charge < -0.3 is 0 Å². The van der Waals surface area contributed by atoms with Gasteiger partial charge in [0.2, 0.25) is 0 Å². The maximum atomic E-state index is 2.00. The van der Waals surface area contributed by atoms with E-state index in [1.165, 1.54) is 0 Å². The van der Waals surface area contributed by atoms with Gasteiger partial charge in [0.25, 0.3) is 0 Å². The van der Waals surface area contributed by atoms with E-state index >= 15 is 0 Å². The van der Waals surface area contributed by atoms with Crippen LogP contribution in [0.1, 0.15) is 0 Å². The molecule has 16 heavy (non-hydrogen) atoms. The molecule has 0 aliphatic heterocycles. The van der Waals surface area contributed by atoms with Crippen LogP contribution in [0.3, 0.4) is 0 Å². The van der Waals surface area contributed by atoms with Crippen LogP contribution < -0.4 is 0 Å². The molecule has 1 heteroatoms. The molecule has 0 saturated heterocycles. The van der Waals surface area contributed by atoms with E-state index in [4.69, 9.17) is 0 Å². The van der Waals surface area contributed by atoms with Gasteiger partial charge in [-0.3, -0.25) is 0 Å². The average Bonchev–Trinajstić information content (AvgIpc) is 3.09. The molecule has 0 fully saturated rings. The quantitative estimate of drug-likeness (QED) is 0.542. The number of hydrogen-bond acceptors (Lipinski definition) is 0. The van der Waals surface area contributed by atoms with Gasteiger partial charge in [-0.25, -0.2) is 36.4 Å². The molecule has 0 aromatic heterocycles. The zero-order valence-corrected chi connectivity index (χ0v) is 12.1. The van der Waals surface area contributed by atoms with Crippen LogP contribution >= 0.6 is 0 Å². The largest absolute Gasteiger partial charge is 3.00 e. The molecule has 0 unspecified atom stereocenters. The molecule has 0 aliphatic rings. The van der Waals surface area contributed by atoms with Crippen molar-refractivity contribution in [2.75, 3.05) is 0 Å². The predicted molar refractivity (Wildman–Crippen MR) is 66.1 cm³/mol. The maximum Gasteiger partial charge on any atom is 3.00 e. The van der Waals surface area contributed by atoms with Crippen molar-refractivity contribution in [3.63, 3.8) is 0 Å². The molecule has 0 bridgehead atoms. The molecule has 78 valence electrons. The van der Waals surface area contributed by atoms with Crippen LogP contribution in [0, 0.1) is 0 Å². The zero-order chi connectivity index (χ0) is 10.6. The van der Waals surface area contributed by atoms with Crippen LogP contribution in [0.5, 0.6) is 0 Å². The Hall–Kier alpha value is -0.846. The molecule has 0 saturated carbocycles. The van der Waals surface area contributed by atoms with Crippen molar-refractivity contribution < 1.29 is 32.7 Å². The normalized spacial score (nSPS) is 7.50. The first-order chi connectivity index (χ1) is 7.50. The van der Waals surface area contributed by atoms with Gasteiger partial charge in [-0.1, -0.05) is 0 Å². The van der Waals surface area contributed by atoms with Crippen molar-refractivity contribution in [2.45, 2.75) is 0 Å². The minimum Gasteiger partial charge on any atom is -0.214 e. The molecule has 0 spiro atoms. The third-order valence-corrected chi connectivity index (χ3v) is 1.67. The van der Waals surface area contributed by atoms with Crippen LogP contribution in [0.15, 0.2) is 91.0 Å². The minimum atomic E-state index is 0. The molecular formula is C15H15Y. The Labute approximate surface area is 123 Å². The van der Waals surface area contributed by atoms with Crippen LogP contribution in [-0.2, 0) is 32.7 Å². The average molecular weight is 284 g/mol. The van der Waals surface area contributed by atoms with Crippen LogP contribution in [0.2, 0.25) is 0 Å². The van der Waals surface area contributed by atoms with Gasteiger partial charge in [-0.2, -0.15) is 54.6 Å². The molecule has 3 aromatic rings. The van der Waals surface area contributed by atoms with Crippen molar-refractivity contribution in [1.29, 1.82) is 0 Å². The maximum absolute atomic E-state index is 2.00. The predicted octanol–water partition coefficient (Wildman–Crippen LogP) is 4.21. The summed E-state index contributed by atoms with van der Waals surface area (Å²) in [6.07, 6.45) is 0. The Balaban J connectivity index is 0.000000205. The summed E-state index contributed by atoms with van der Waals surface area (Å²) < 4.78 is 0. The van der Waals surface area contributed by atoms with Crippen molar-refractivity contribution >= 4 is 0 Å². The van der Waals surface area contributed by atoms with Crippen LogP contribution in [-0.4, -0.2) is 0 Å². The fourth-order valence-corrected chi connectivity index (χ4v) is 0.962. The van der Waals surface area contributed by atoms with Gasteiger partial charge in [0.05, 0.1) is 0 Å². The first-order valence-corrected chi connectivity index (χ1v) is 5.00. The van der Waals surface area contributed by atoms with Crippen molar-refractivity contribution in [3.05, 3.63) is 91.0 Å².